The number of rotatable bonds is 3. The predicted octanol–water partition coefficient (Wildman–Crippen LogP) is 1.66. The van der Waals surface area contributed by atoms with Crippen LogP contribution in [0, 0.1) is 0 Å². The van der Waals surface area contributed by atoms with Gasteiger partial charge in [-0.3, -0.25) is 4.90 Å². The van der Waals surface area contributed by atoms with Gasteiger partial charge in [0, 0.05) is 24.8 Å². The molecule has 1 aliphatic heterocycles. The quantitative estimate of drug-likeness (QED) is 0.884. The standard InChI is InChI=1S/C14H23N3O/c1-12-6-9-17(8-3-7-15-12)11-13-4-5-14(18-2)16-10-13/h4-5,10,12,15H,3,6-9,11H2,1-2H3. The van der Waals surface area contributed by atoms with Crippen LogP contribution in [0.5, 0.6) is 5.88 Å². The van der Waals surface area contributed by atoms with Gasteiger partial charge in [0.15, 0.2) is 0 Å². The number of pyridine rings is 1. The van der Waals surface area contributed by atoms with Crippen molar-refractivity contribution >= 4 is 0 Å². The van der Waals surface area contributed by atoms with E-state index in [1.54, 1.807) is 7.11 Å². The van der Waals surface area contributed by atoms with Gasteiger partial charge in [-0.2, -0.15) is 0 Å². The molecule has 1 fully saturated rings. The van der Waals surface area contributed by atoms with Gasteiger partial charge >= 0.3 is 0 Å². The normalized spacial score (nSPS) is 22.2. The molecule has 1 saturated heterocycles. The minimum absolute atomic E-state index is 0.627. The van der Waals surface area contributed by atoms with Crippen LogP contribution in [0.4, 0.5) is 0 Å². The van der Waals surface area contributed by atoms with Crippen molar-refractivity contribution in [2.24, 2.45) is 0 Å². The van der Waals surface area contributed by atoms with E-state index in [0.717, 1.165) is 26.2 Å². The fraction of sp³-hybridized carbons (Fsp3) is 0.643. The largest absolute Gasteiger partial charge is 0.481 e. The van der Waals surface area contributed by atoms with E-state index in [1.807, 2.05) is 12.3 Å². The van der Waals surface area contributed by atoms with Gasteiger partial charge in [0.2, 0.25) is 5.88 Å². The summed E-state index contributed by atoms with van der Waals surface area (Å²) >= 11 is 0. The molecular weight excluding hydrogens is 226 g/mol. The van der Waals surface area contributed by atoms with E-state index in [9.17, 15) is 0 Å². The van der Waals surface area contributed by atoms with Gasteiger partial charge in [-0.15, -0.1) is 0 Å². The third kappa shape index (κ3) is 3.96. The summed E-state index contributed by atoms with van der Waals surface area (Å²) in [5, 5.41) is 3.53. The lowest BCUT2D eigenvalue weighted by atomic mass is 10.1. The maximum atomic E-state index is 5.08. The highest BCUT2D eigenvalue weighted by Gasteiger charge is 2.12. The number of methoxy groups -OCH3 is 1. The second-order valence-corrected chi connectivity index (χ2v) is 4.98. The first kappa shape index (κ1) is 13.3. The van der Waals surface area contributed by atoms with Crippen molar-refractivity contribution in [3.63, 3.8) is 0 Å². The number of nitrogens with one attached hydrogen (secondary N) is 1. The van der Waals surface area contributed by atoms with Crippen molar-refractivity contribution in [2.75, 3.05) is 26.7 Å². The summed E-state index contributed by atoms with van der Waals surface area (Å²) in [6, 6.07) is 4.66. The van der Waals surface area contributed by atoms with Crippen molar-refractivity contribution in [3.05, 3.63) is 23.9 Å². The van der Waals surface area contributed by atoms with Gasteiger partial charge in [0.25, 0.3) is 0 Å². The molecule has 1 atom stereocenters. The average molecular weight is 249 g/mol. The van der Waals surface area contributed by atoms with Crippen molar-refractivity contribution in [1.29, 1.82) is 0 Å². The Bertz CT molecular complexity index is 353. The second-order valence-electron chi connectivity index (χ2n) is 4.98. The monoisotopic (exact) mass is 249 g/mol. The Kier molecular flexibility index (Phi) is 4.96. The van der Waals surface area contributed by atoms with Gasteiger partial charge in [-0.1, -0.05) is 6.07 Å². The van der Waals surface area contributed by atoms with Crippen LogP contribution in [-0.2, 0) is 6.54 Å². The highest BCUT2D eigenvalue weighted by atomic mass is 16.5. The first-order valence-corrected chi connectivity index (χ1v) is 6.72. The fourth-order valence-corrected chi connectivity index (χ4v) is 2.28. The Morgan fingerprint density at radius 3 is 3.06 bits per heavy atom. The molecule has 1 N–H and O–H groups in total. The van der Waals surface area contributed by atoms with E-state index in [-0.39, 0.29) is 0 Å². The van der Waals surface area contributed by atoms with Gasteiger partial charge in [-0.05, 0) is 45.0 Å². The lowest BCUT2D eigenvalue weighted by Gasteiger charge is -2.27. The molecule has 0 spiro atoms. The second kappa shape index (κ2) is 6.71. The zero-order chi connectivity index (χ0) is 12.8. The molecule has 100 valence electrons. The lowest BCUT2D eigenvalue weighted by molar-refractivity contribution is 0.229. The van der Waals surface area contributed by atoms with E-state index >= 15 is 0 Å². The highest BCUT2D eigenvalue weighted by Crippen LogP contribution is 2.11. The summed E-state index contributed by atoms with van der Waals surface area (Å²) in [6.45, 7) is 6.69. The Morgan fingerprint density at radius 2 is 2.33 bits per heavy atom. The van der Waals surface area contributed by atoms with Crippen LogP contribution in [0.3, 0.4) is 0 Å². The summed E-state index contributed by atoms with van der Waals surface area (Å²) in [5.74, 6) is 0.684. The van der Waals surface area contributed by atoms with E-state index < -0.39 is 0 Å². The smallest absolute Gasteiger partial charge is 0.212 e. The molecule has 4 heteroatoms. The minimum Gasteiger partial charge on any atom is -0.481 e. The summed E-state index contributed by atoms with van der Waals surface area (Å²) < 4.78 is 5.08. The molecule has 4 nitrogen and oxygen atoms in total. The van der Waals surface area contributed by atoms with Crippen molar-refractivity contribution in [1.82, 2.24) is 15.2 Å². The molecule has 0 radical (unpaired) electrons. The maximum absolute atomic E-state index is 5.08. The SMILES string of the molecule is COc1ccc(CN2CCCNC(C)CC2)cn1. The third-order valence-electron chi connectivity index (χ3n) is 3.44. The zero-order valence-electron chi connectivity index (χ0n) is 11.4. The fourth-order valence-electron chi connectivity index (χ4n) is 2.28. The van der Waals surface area contributed by atoms with Crippen LogP contribution in [0.1, 0.15) is 25.3 Å². The molecule has 18 heavy (non-hydrogen) atoms. The highest BCUT2D eigenvalue weighted by molar-refractivity contribution is 5.17. The zero-order valence-corrected chi connectivity index (χ0v) is 11.4. The minimum atomic E-state index is 0.627. The van der Waals surface area contributed by atoms with E-state index in [0.29, 0.717) is 11.9 Å². The number of aromatic nitrogens is 1. The molecular formula is C14H23N3O. The maximum Gasteiger partial charge on any atom is 0.212 e. The Hall–Kier alpha value is -1.13. The number of hydrogen-bond donors (Lipinski definition) is 1. The van der Waals surface area contributed by atoms with Crippen molar-refractivity contribution < 1.29 is 4.74 Å². The summed E-state index contributed by atoms with van der Waals surface area (Å²) in [7, 11) is 1.65. The van der Waals surface area contributed by atoms with Crippen molar-refractivity contribution in [3.8, 4) is 5.88 Å². The first-order valence-electron chi connectivity index (χ1n) is 6.72. The van der Waals surface area contributed by atoms with Gasteiger partial charge in [0.1, 0.15) is 0 Å². The molecule has 2 heterocycles. The van der Waals surface area contributed by atoms with Gasteiger partial charge in [-0.25, -0.2) is 4.98 Å². The number of hydrogen-bond acceptors (Lipinski definition) is 4. The predicted molar refractivity (Wildman–Crippen MR) is 72.8 cm³/mol. The molecule has 0 bridgehead atoms. The Balaban J connectivity index is 1.89. The van der Waals surface area contributed by atoms with Crippen LogP contribution in [0.25, 0.3) is 0 Å². The topological polar surface area (TPSA) is 37.4 Å². The van der Waals surface area contributed by atoms with Crippen LogP contribution in [0.2, 0.25) is 0 Å². The number of nitrogens with zero attached hydrogens (tertiary/aromatic N) is 2. The summed E-state index contributed by atoms with van der Waals surface area (Å²) in [5.41, 5.74) is 1.26. The van der Waals surface area contributed by atoms with Crippen molar-refractivity contribution in [2.45, 2.75) is 32.4 Å². The third-order valence-corrected chi connectivity index (χ3v) is 3.44. The molecule has 1 aliphatic rings. The Labute approximate surface area is 109 Å². The van der Waals surface area contributed by atoms with Crippen LogP contribution in [0.15, 0.2) is 18.3 Å². The molecule has 2 rings (SSSR count). The number of ether oxygens (including phenoxy) is 1. The van der Waals surface area contributed by atoms with Gasteiger partial charge < -0.3 is 10.1 Å². The molecule has 0 amide bonds. The summed E-state index contributed by atoms with van der Waals surface area (Å²) in [4.78, 5) is 6.77. The van der Waals surface area contributed by atoms with E-state index in [1.165, 1.54) is 18.4 Å². The van der Waals surface area contributed by atoms with E-state index in [2.05, 4.69) is 28.2 Å². The van der Waals surface area contributed by atoms with Crippen LogP contribution in [-0.4, -0.2) is 42.7 Å². The molecule has 1 aromatic rings. The molecule has 0 aliphatic carbocycles. The molecule has 1 unspecified atom stereocenters. The van der Waals surface area contributed by atoms with E-state index in [4.69, 9.17) is 4.74 Å². The molecule has 0 saturated carbocycles. The average Bonchev–Trinajstić information content (AvgIpc) is 2.39. The van der Waals surface area contributed by atoms with Gasteiger partial charge in [0.05, 0.1) is 7.11 Å². The molecule has 1 aromatic heterocycles. The van der Waals surface area contributed by atoms with Crippen LogP contribution < -0.4 is 10.1 Å². The van der Waals surface area contributed by atoms with Crippen LogP contribution >= 0.6 is 0 Å². The first-order chi connectivity index (χ1) is 8.78. The molecule has 0 aromatic carbocycles. The lowest BCUT2D eigenvalue weighted by Crippen LogP contribution is -2.38. The Morgan fingerprint density at radius 1 is 1.44 bits per heavy atom. The summed E-state index contributed by atoms with van der Waals surface area (Å²) in [6.07, 6.45) is 4.34.